The Morgan fingerprint density at radius 1 is 1.21 bits per heavy atom. The quantitative estimate of drug-likeness (QED) is 0.528. The number of aromatic nitrogens is 4. The van der Waals surface area contributed by atoms with E-state index < -0.39 is 0 Å². The van der Waals surface area contributed by atoms with Gasteiger partial charge in [-0.05, 0) is 29.8 Å². The van der Waals surface area contributed by atoms with Crippen molar-refractivity contribution in [3.8, 4) is 11.1 Å². The highest BCUT2D eigenvalue weighted by Crippen LogP contribution is 2.34. The number of rotatable bonds is 4. The lowest BCUT2D eigenvalue weighted by molar-refractivity contribution is 0.0951. The number of hydrogen-bond acceptors (Lipinski definition) is 6. The fourth-order valence-electron chi connectivity index (χ4n) is 3.89. The second-order valence-corrected chi connectivity index (χ2v) is 7.04. The highest BCUT2D eigenvalue weighted by molar-refractivity contribution is 5.97. The zero-order chi connectivity index (χ0) is 20.0. The molecule has 0 unspecified atom stereocenters. The lowest BCUT2D eigenvalue weighted by atomic mass is 9.87. The number of carbonyl (C=O) groups excluding carboxylic acids is 1. The summed E-state index contributed by atoms with van der Waals surface area (Å²) in [5, 5.41) is 13.2. The Kier molecular flexibility index (Phi) is 4.21. The van der Waals surface area contributed by atoms with Crippen LogP contribution < -0.4 is 0 Å². The first-order valence-electron chi connectivity index (χ1n) is 9.24. The summed E-state index contributed by atoms with van der Waals surface area (Å²) in [6.07, 6.45) is 2.47. The number of methoxy groups -OCH3 is 1. The number of halogens is 1. The monoisotopic (exact) mass is 392 g/mol. The second-order valence-electron chi connectivity index (χ2n) is 7.04. The molecule has 146 valence electrons. The van der Waals surface area contributed by atoms with Gasteiger partial charge in [0.15, 0.2) is 17.1 Å². The third-order valence-corrected chi connectivity index (χ3v) is 5.20. The SMILES string of the molecule is COCc1nn2c3c(nnc2c1-c1ccc(F)cc1)C(=O)C[C@H](c1ccco1)C3. The summed E-state index contributed by atoms with van der Waals surface area (Å²) in [5.74, 6) is 0.266. The normalized spacial score (nSPS) is 16.3. The molecular weight excluding hydrogens is 375 g/mol. The Balaban J connectivity index is 1.70. The summed E-state index contributed by atoms with van der Waals surface area (Å²) in [4.78, 5) is 12.7. The molecule has 0 bridgehead atoms. The number of benzene rings is 1. The Morgan fingerprint density at radius 2 is 2.03 bits per heavy atom. The summed E-state index contributed by atoms with van der Waals surface area (Å²) >= 11 is 0. The number of fused-ring (bicyclic) bond motifs is 3. The van der Waals surface area contributed by atoms with Crippen molar-refractivity contribution < 1.29 is 18.3 Å². The molecule has 3 heterocycles. The molecule has 0 saturated carbocycles. The maximum Gasteiger partial charge on any atom is 0.185 e. The van der Waals surface area contributed by atoms with Gasteiger partial charge in [-0.25, -0.2) is 8.91 Å². The topological polar surface area (TPSA) is 82.5 Å². The average Bonchev–Trinajstić information content (AvgIpc) is 3.37. The first-order chi connectivity index (χ1) is 14.2. The van der Waals surface area contributed by atoms with Crippen molar-refractivity contribution in [3.63, 3.8) is 0 Å². The largest absolute Gasteiger partial charge is 0.469 e. The molecule has 3 aromatic heterocycles. The number of carbonyl (C=O) groups is 1. The van der Waals surface area contributed by atoms with Crippen molar-refractivity contribution in [2.45, 2.75) is 25.4 Å². The molecule has 4 aromatic rings. The second kappa shape index (κ2) is 6.89. The Labute approximate surface area is 165 Å². The van der Waals surface area contributed by atoms with E-state index in [4.69, 9.17) is 9.15 Å². The van der Waals surface area contributed by atoms with Gasteiger partial charge in [0.05, 0.1) is 29.8 Å². The van der Waals surface area contributed by atoms with E-state index in [-0.39, 0.29) is 24.1 Å². The van der Waals surface area contributed by atoms with E-state index in [1.54, 1.807) is 30.0 Å². The summed E-state index contributed by atoms with van der Waals surface area (Å²) in [5.41, 5.74) is 3.66. The van der Waals surface area contributed by atoms with Crippen molar-refractivity contribution >= 4 is 11.4 Å². The van der Waals surface area contributed by atoms with Gasteiger partial charge in [-0.1, -0.05) is 12.1 Å². The summed E-state index contributed by atoms with van der Waals surface area (Å²) in [6.45, 7) is 0.250. The van der Waals surface area contributed by atoms with E-state index in [0.717, 1.165) is 16.9 Å². The maximum absolute atomic E-state index is 13.4. The molecule has 0 radical (unpaired) electrons. The predicted octanol–water partition coefficient (Wildman–Crippen LogP) is 3.58. The van der Waals surface area contributed by atoms with Crippen LogP contribution >= 0.6 is 0 Å². The summed E-state index contributed by atoms with van der Waals surface area (Å²) < 4.78 is 25.9. The van der Waals surface area contributed by atoms with E-state index >= 15 is 0 Å². The van der Waals surface area contributed by atoms with Gasteiger partial charge in [0.25, 0.3) is 0 Å². The van der Waals surface area contributed by atoms with E-state index in [1.807, 2.05) is 12.1 Å². The van der Waals surface area contributed by atoms with Crippen LogP contribution in [0.15, 0.2) is 47.1 Å². The van der Waals surface area contributed by atoms with Gasteiger partial charge in [-0.2, -0.15) is 5.10 Å². The van der Waals surface area contributed by atoms with E-state index in [1.165, 1.54) is 12.1 Å². The first-order valence-corrected chi connectivity index (χ1v) is 9.24. The molecule has 5 rings (SSSR count). The molecule has 1 atom stereocenters. The van der Waals surface area contributed by atoms with Gasteiger partial charge in [0, 0.05) is 25.9 Å². The number of ketones is 1. The van der Waals surface area contributed by atoms with Crippen LogP contribution in [0, 0.1) is 5.82 Å². The smallest absolute Gasteiger partial charge is 0.185 e. The lowest BCUT2D eigenvalue weighted by Crippen LogP contribution is -2.24. The first kappa shape index (κ1) is 17.7. The van der Waals surface area contributed by atoms with Crippen LogP contribution in [-0.4, -0.2) is 32.7 Å². The van der Waals surface area contributed by atoms with Crippen molar-refractivity contribution in [2.75, 3.05) is 7.11 Å². The maximum atomic E-state index is 13.4. The van der Waals surface area contributed by atoms with Crippen LogP contribution in [0.2, 0.25) is 0 Å². The third-order valence-electron chi connectivity index (χ3n) is 5.20. The molecule has 1 aromatic carbocycles. The number of nitrogens with zero attached hydrogens (tertiary/aromatic N) is 4. The van der Waals surface area contributed by atoms with Crippen LogP contribution in [0.4, 0.5) is 4.39 Å². The van der Waals surface area contributed by atoms with Crippen molar-refractivity contribution in [1.29, 1.82) is 0 Å². The summed E-state index contributed by atoms with van der Waals surface area (Å²) in [7, 11) is 1.58. The molecule has 8 heteroatoms. The Bertz CT molecular complexity index is 1200. The van der Waals surface area contributed by atoms with E-state index in [2.05, 4.69) is 15.3 Å². The molecule has 0 N–H and O–H groups in total. The number of Topliss-reactive ketones (excluding diaryl/α,β-unsaturated/α-hetero) is 1. The molecule has 0 fully saturated rings. The third kappa shape index (κ3) is 2.92. The van der Waals surface area contributed by atoms with Gasteiger partial charge in [-0.3, -0.25) is 4.79 Å². The fraction of sp³-hybridized carbons (Fsp3) is 0.238. The average molecular weight is 392 g/mol. The Hall–Kier alpha value is -3.39. The predicted molar refractivity (Wildman–Crippen MR) is 101 cm³/mol. The van der Waals surface area contributed by atoms with Gasteiger partial charge in [0.2, 0.25) is 0 Å². The minimum Gasteiger partial charge on any atom is -0.469 e. The molecule has 7 nitrogen and oxygen atoms in total. The van der Waals surface area contributed by atoms with Crippen LogP contribution in [0.5, 0.6) is 0 Å². The molecule has 0 aliphatic heterocycles. The van der Waals surface area contributed by atoms with Crippen molar-refractivity contribution in [1.82, 2.24) is 19.8 Å². The Morgan fingerprint density at radius 3 is 2.76 bits per heavy atom. The van der Waals surface area contributed by atoms with E-state index in [9.17, 15) is 9.18 Å². The zero-order valence-corrected chi connectivity index (χ0v) is 15.6. The van der Waals surface area contributed by atoms with Crippen molar-refractivity contribution in [3.05, 3.63) is 71.3 Å². The highest BCUT2D eigenvalue weighted by Gasteiger charge is 2.33. The lowest BCUT2D eigenvalue weighted by Gasteiger charge is -2.21. The van der Waals surface area contributed by atoms with Crippen LogP contribution in [0.3, 0.4) is 0 Å². The van der Waals surface area contributed by atoms with E-state index in [0.29, 0.717) is 35.6 Å². The molecular formula is C21H17FN4O3. The van der Waals surface area contributed by atoms with Gasteiger partial charge in [-0.15, -0.1) is 10.2 Å². The molecule has 1 aliphatic carbocycles. The number of hydrogen-bond donors (Lipinski definition) is 0. The van der Waals surface area contributed by atoms with Gasteiger partial charge < -0.3 is 9.15 Å². The summed E-state index contributed by atoms with van der Waals surface area (Å²) in [6, 6.07) is 9.80. The molecule has 1 aliphatic rings. The highest BCUT2D eigenvalue weighted by atomic mass is 19.1. The molecule has 0 amide bonds. The number of ether oxygens (including phenoxy) is 1. The number of furan rings is 1. The fourth-order valence-corrected chi connectivity index (χ4v) is 3.89. The van der Waals surface area contributed by atoms with Crippen LogP contribution in [0.1, 0.15) is 40.0 Å². The zero-order valence-electron chi connectivity index (χ0n) is 15.6. The molecule has 0 saturated heterocycles. The molecule has 0 spiro atoms. The minimum atomic E-state index is -0.325. The standard InChI is InChI=1S/C21H17FN4O3/c1-28-11-15-19(12-4-6-14(22)7-5-12)21-24-23-20-16(26(21)25-15)9-13(10-17(20)27)18-3-2-8-29-18/h2-8,13H,9-11H2,1H3/t13-/m1/s1. The van der Waals surface area contributed by atoms with Crippen LogP contribution in [-0.2, 0) is 17.8 Å². The van der Waals surface area contributed by atoms with Crippen molar-refractivity contribution in [2.24, 2.45) is 0 Å². The molecule has 29 heavy (non-hydrogen) atoms. The van der Waals surface area contributed by atoms with Crippen LogP contribution in [0.25, 0.3) is 16.8 Å². The minimum absolute atomic E-state index is 0.0817. The van der Waals surface area contributed by atoms with Gasteiger partial charge >= 0.3 is 0 Å². The van der Waals surface area contributed by atoms with Gasteiger partial charge in [0.1, 0.15) is 11.6 Å².